The SMILES string of the molecule is Cc1ccc(NC(=O)C(N)c2cccs2)cc1. The third-order valence-electron chi connectivity index (χ3n) is 2.45. The first-order valence-electron chi connectivity index (χ1n) is 5.33. The molecule has 2 aromatic rings. The Balaban J connectivity index is 2.04. The van der Waals surface area contributed by atoms with Gasteiger partial charge in [0.15, 0.2) is 0 Å². The molecule has 3 nitrogen and oxygen atoms in total. The molecule has 0 fully saturated rings. The quantitative estimate of drug-likeness (QED) is 0.874. The van der Waals surface area contributed by atoms with E-state index in [2.05, 4.69) is 5.32 Å². The van der Waals surface area contributed by atoms with Gasteiger partial charge in [0.25, 0.3) is 0 Å². The Morgan fingerprint density at radius 2 is 2.00 bits per heavy atom. The van der Waals surface area contributed by atoms with E-state index < -0.39 is 6.04 Å². The van der Waals surface area contributed by atoms with Gasteiger partial charge in [-0.25, -0.2) is 0 Å². The molecule has 1 aromatic heterocycles. The number of nitrogens with one attached hydrogen (secondary N) is 1. The first-order valence-corrected chi connectivity index (χ1v) is 6.21. The van der Waals surface area contributed by atoms with Crippen LogP contribution in [0.2, 0.25) is 0 Å². The number of carbonyl (C=O) groups excluding carboxylic acids is 1. The summed E-state index contributed by atoms with van der Waals surface area (Å²) in [5.74, 6) is -0.184. The molecule has 3 N–H and O–H groups in total. The fourth-order valence-electron chi connectivity index (χ4n) is 1.45. The third-order valence-corrected chi connectivity index (χ3v) is 3.41. The largest absolute Gasteiger partial charge is 0.324 e. The summed E-state index contributed by atoms with van der Waals surface area (Å²) in [4.78, 5) is 12.7. The molecule has 1 aromatic carbocycles. The van der Waals surface area contributed by atoms with Crippen LogP contribution in [0.5, 0.6) is 0 Å². The van der Waals surface area contributed by atoms with Crippen molar-refractivity contribution in [2.75, 3.05) is 5.32 Å². The van der Waals surface area contributed by atoms with Crippen LogP contribution in [0.4, 0.5) is 5.69 Å². The molecule has 1 atom stereocenters. The zero-order valence-electron chi connectivity index (χ0n) is 9.51. The molecule has 0 aliphatic rings. The molecule has 0 spiro atoms. The van der Waals surface area contributed by atoms with Gasteiger partial charge in [-0.15, -0.1) is 11.3 Å². The summed E-state index contributed by atoms with van der Waals surface area (Å²) in [7, 11) is 0. The van der Waals surface area contributed by atoms with Crippen molar-refractivity contribution in [1.82, 2.24) is 0 Å². The van der Waals surface area contributed by atoms with Gasteiger partial charge in [-0.3, -0.25) is 4.79 Å². The molecule has 0 saturated carbocycles. The van der Waals surface area contributed by atoms with E-state index in [-0.39, 0.29) is 5.91 Å². The van der Waals surface area contributed by atoms with Gasteiger partial charge in [0.2, 0.25) is 5.91 Å². The molecule has 0 aliphatic heterocycles. The summed E-state index contributed by atoms with van der Waals surface area (Å²) >= 11 is 1.49. The first kappa shape index (κ1) is 11.8. The van der Waals surface area contributed by atoms with E-state index in [4.69, 9.17) is 5.73 Å². The lowest BCUT2D eigenvalue weighted by molar-refractivity contribution is -0.117. The Morgan fingerprint density at radius 1 is 1.29 bits per heavy atom. The number of amides is 1. The lowest BCUT2D eigenvalue weighted by atomic mass is 10.2. The highest BCUT2D eigenvalue weighted by Gasteiger charge is 2.16. The second-order valence-corrected chi connectivity index (χ2v) is 4.83. The van der Waals surface area contributed by atoms with Crippen LogP contribution in [0, 0.1) is 6.92 Å². The van der Waals surface area contributed by atoms with Gasteiger partial charge in [0.1, 0.15) is 6.04 Å². The van der Waals surface area contributed by atoms with Crippen molar-refractivity contribution in [2.45, 2.75) is 13.0 Å². The van der Waals surface area contributed by atoms with Crippen molar-refractivity contribution in [1.29, 1.82) is 0 Å². The Hall–Kier alpha value is -1.65. The Morgan fingerprint density at radius 3 is 2.59 bits per heavy atom. The van der Waals surface area contributed by atoms with E-state index in [1.165, 1.54) is 11.3 Å². The molecule has 1 amide bonds. The molecule has 2 rings (SSSR count). The Kier molecular flexibility index (Phi) is 3.56. The highest BCUT2D eigenvalue weighted by Crippen LogP contribution is 2.18. The minimum absolute atomic E-state index is 0.184. The molecule has 0 radical (unpaired) electrons. The van der Waals surface area contributed by atoms with E-state index in [1.54, 1.807) is 0 Å². The highest BCUT2D eigenvalue weighted by molar-refractivity contribution is 7.10. The molecule has 0 bridgehead atoms. The fourth-order valence-corrected chi connectivity index (χ4v) is 2.18. The molecule has 88 valence electrons. The maximum atomic E-state index is 11.9. The van der Waals surface area contributed by atoms with E-state index in [1.807, 2.05) is 48.7 Å². The predicted molar refractivity (Wildman–Crippen MR) is 71.1 cm³/mol. The second kappa shape index (κ2) is 5.12. The Labute approximate surface area is 104 Å². The molecule has 1 unspecified atom stereocenters. The van der Waals surface area contributed by atoms with E-state index in [9.17, 15) is 4.79 Å². The molecule has 1 heterocycles. The van der Waals surface area contributed by atoms with Crippen molar-refractivity contribution in [3.63, 3.8) is 0 Å². The van der Waals surface area contributed by atoms with Gasteiger partial charge in [-0.1, -0.05) is 23.8 Å². The van der Waals surface area contributed by atoms with Crippen LogP contribution in [0.3, 0.4) is 0 Å². The topological polar surface area (TPSA) is 55.1 Å². The zero-order chi connectivity index (χ0) is 12.3. The number of carbonyl (C=O) groups is 1. The van der Waals surface area contributed by atoms with Crippen LogP contribution in [0.25, 0.3) is 0 Å². The van der Waals surface area contributed by atoms with E-state index in [0.29, 0.717) is 0 Å². The lowest BCUT2D eigenvalue weighted by Crippen LogP contribution is -2.26. The van der Waals surface area contributed by atoms with Gasteiger partial charge in [0, 0.05) is 10.6 Å². The van der Waals surface area contributed by atoms with Crippen molar-refractivity contribution in [3.8, 4) is 0 Å². The number of rotatable bonds is 3. The monoisotopic (exact) mass is 246 g/mol. The van der Waals surface area contributed by atoms with Gasteiger partial charge in [0.05, 0.1) is 0 Å². The average Bonchev–Trinajstić information content (AvgIpc) is 2.84. The number of benzene rings is 1. The number of thiophene rings is 1. The maximum absolute atomic E-state index is 11.9. The molecular weight excluding hydrogens is 232 g/mol. The molecule has 0 saturated heterocycles. The predicted octanol–water partition coefficient (Wildman–Crippen LogP) is 2.70. The van der Waals surface area contributed by atoms with E-state index >= 15 is 0 Å². The normalized spacial score (nSPS) is 12.1. The molecule has 17 heavy (non-hydrogen) atoms. The summed E-state index contributed by atoms with van der Waals surface area (Å²) in [6, 6.07) is 10.8. The van der Waals surface area contributed by atoms with Crippen LogP contribution >= 0.6 is 11.3 Å². The standard InChI is InChI=1S/C13H14N2OS/c1-9-4-6-10(7-5-9)15-13(16)12(14)11-3-2-8-17-11/h2-8,12H,14H2,1H3,(H,15,16). The minimum Gasteiger partial charge on any atom is -0.324 e. The summed E-state index contributed by atoms with van der Waals surface area (Å²) in [6.07, 6.45) is 0. The zero-order valence-corrected chi connectivity index (χ0v) is 10.3. The molecule has 4 heteroatoms. The second-order valence-electron chi connectivity index (χ2n) is 3.85. The highest BCUT2D eigenvalue weighted by atomic mass is 32.1. The number of anilines is 1. The van der Waals surface area contributed by atoms with Crippen LogP contribution in [-0.4, -0.2) is 5.91 Å². The van der Waals surface area contributed by atoms with Crippen LogP contribution in [-0.2, 0) is 4.79 Å². The summed E-state index contributed by atoms with van der Waals surface area (Å²) < 4.78 is 0. The summed E-state index contributed by atoms with van der Waals surface area (Å²) in [5.41, 5.74) is 7.79. The summed E-state index contributed by atoms with van der Waals surface area (Å²) in [5, 5.41) is 4.71. The lowest BCUT2D eigenvalue weighted by Gasteiger charge is -2.10. The van der Waals surface area contributed by atoms with Gasteiger partial charge >= 0.3 is 0 Å². The van der Waals surface area contributed by atoms with E-state index in [0.717, 1.165) is 16.1 Å². The Bertz CT molecular complexity index is 491. The van der Waals surface area contributed by atoms with Crippen molar-refractivity contribution in [3.05, 3.63) is 52.2 Å². The number of aryl methyl sites for hydroxylation is 1. The first-order chi connectivity index (χ1) is 8.16. The van der Waals surface area contributed by atoms with Crippen molar-refractivity contribution < 1.29 is 4.79 Å². The van der Waals surface area contributed by atoms with Crippen molar-refractivity contribution in [2.24, 2.45) is 5.73 Å². The number of hydrogen-bond acceptors (Lipinski definition) is 3. The smallest absolute Gasteiger partial charge is 0.246 e. The fraction of sp³-hybridized carbons (Fsp3) is 0.154. The molecule has 0 aliphatic carbocycles. The van der Waals surface area contributed by atoms with Crippen LogP contribution in [0.1, 0.15) is 16.5 Å². The third kappa shape index (κ3) is 2.93. The van der Waals surface area contributed by atoms with Gasteiger partial charge in [-0.2, -0.15) is 0 Å². The van der Waals surface area contributed by atoms with Crippen LogP contribution in [0.15, 0.2) is 41.8 Å². The minimum atomic E-state index is -0.601. The van der Waals surface area contributed by atoms with Gasteiger partial charge in [-0.05, 0) is 30.5 Å². The number of hydrogen-bond donors (Lipinski definition) is 2. The maximum Gasteiger partial charge on any atom is 0.246 e. The average molecular weight is 246 g/mol. The molecular formula is C13H14N2OS. The van der Waals surface area contributed by atoms with Gasteiger partial charge < -0.3 is 11.1 Å². The van der Waals surface area contributed by atoms with Crippen LogP contribution < -0.4 is 11.1 Å². The summed E-state index contributed by atoms with van der Waals surface area (Å²) in [6.45, 7) is 2.00. The number of nitrogens with two attached hydrogens (primary N) is 1. The van der Waals surface area contributed by atoms with Crippen molar-refractivity contribution >= 4 is 22.9 Å².